The van der Waals surface area contributed by atoms with Crippen LogP contribution in [0, 0.1) is 0 Å². The lowest BCUT2D eigenvalue weighted by molar-refractivity contribution is 0.908. The predicted octanol–water partition coefficient (Wildman–Crippen LogP) is 2.97. The molecular weight excluding hydrogens is 228 g/mol. The Balaban J connectivity index is 2.34. The monoisotopic (exact) mass is 236 g/mol. The highest BCUT2D eigenvalue weighted by Crippen LogP contribution is 2.40. The van der Waals surface area contributed by atoms with Gasteiger partial charge in [-0.3, -0.25) is 4.40 Å². The fourth-order valence-electron chi connectivity index (χ4n) is 1.66. The summed E-state index contributed by atoms with van der Waals surface area (Å²) in [6.07, 6.45) is 4.53. The molecule has 0 aromatic carbocycles. The summed E-state index contributed by atoms with van der Waals surface area (Å²) in [6.45, 7) is 0. The van der Waals surface area contributed by atoms with Gasteiger partial charge in [-0.15, -0.1) is 0 Å². The number of hydrogen-bond donors (Lipinski definition) is 0. The Kier molecular flexibility index (Phi) is 1.50. The second-order valence-electron chi connectivity index (χ2n) is 3.50. The van der Waals surface area contributed by atoms with Gasteiger partial charge >= 0.3 is 0 Å². The third-order valence-electron chi connectivity index (χ3n) is 2.47. The second kappa shape index (κ2) is 2.58. The fraction of sp³-hybridized carbons (Fsp3) is 0.300. The van der Waals surface area contributed by atoms with Crippen molar-refractivity contribution in [1.82, 2.24) is 9.38 Å². The Morgan fingerprint density at radius 2 is 2.23 bits per heavy atom. The third kappa shape index (κ3) is 1.10. The summed E-state index contributed by atoms with van der Waals surface area (Å²) in [5.41, 5.74) is 1.18. The van der Waals surface area contributed by atoms with Crippen molar-refractivity contribution in [3.63, 3.8) is 0 Å². The van der Waals surface area contributed by atoms with E-state index < -0.39 is 0 Å². The average Bonchev–Trinajstić information content (AvgIpc) is 2.87. The zero-order chi connectivity index (χ0) is 8.84. The van der Waals surface area contributed by atoms with E-state index in [2.05, 4.69) is 37.4 Å². The molecule has 2 aromatic heterocycles. The molecule has 1 aliphatic rings. The molecule has 0 bridgehead atoms. The van der Waals surface area contributed by atoms with E-state index in [1.54, 1.807) is 0 Å². The Hall–Kier alpha value is -0.830. The van der Waals surface area contributed by atoms with Gasteiger partial charge in [0.1, 0.15) is 5.82 Å². The summed E-state index contributed by atoms with van der Waals surface area (Å²) in [5, 5.41) is 0. The first kappa shape index (κ1) is 7.56. The van der Waals surface area contributed by atoms with E-state index in [9.17, 15) is 0 Å². The molecular formula is C10H9BrN2. The zero-order valence-corrected chi connectivity index (χ0v) is 8.66. The topological polar surface area (TPSA) is 17.3 Å². The lowest BCUT2D eigenvalue weighted by Crippen LogP contribution is -1.93. The Bertz CT molecular complexity index is 457. The van der Waals surface area contributed by atoms with Gasteiger partial charge in [-0.2, -0.15) is 0 Å². The van der Waals surface area contributed by atoms with Gasteiger partial charge in [0.05, 0.1) is 16.3 Å². The molecule has 3 heteroatoms. The van der Waals surface area contributed by atoms with Crippen LogP contribution in [0.5, 0.6) is 0 Å². The minimum Gasteiger partial charge on any atom is -0.290 e. The molecule has 2 heterocycles. The smallest absolute Gasteiger partial charge is 0.117 e. The van der Waals surface area contributed by atoms with E-state index in [1.807, 2.05) is 12.3 Å². The van der Waals surface area contributed by atoms with Crippen LogP contribution in [-0.4, -0.2) is 9.38 Å². The minimum atomic E-state index is 0.696. The lowest BCUT2D eigenvalue weighted by atomic mass is 10.4. The van der Waals surface area contributed by atoms with Crippen molar-refractivity contribution in [2.24, 2.45) is 0 Å². The maximum atomic E-state index is 4.45. The van der Waals surface area contributed by atoms with Crippen LogP contribution in [0.3, 0.4) is 0 Å². The number of fused-ring (bicyclic) bond motifs is 1. The number of pyridine rings is 1. The molecule has 0 saturated heterocycles. The van der Waals surface area contributed by atoms with Gasteiger partial charge in [0.15, 0.2) is 0 Å². The number of aromatic nitrogens is 2. The van der Waals surface area contributed by atoms with Crippen LogP contribution in [0.25, 0.3) is 5.52 Å². The Morgan fingerprint density at radius 3 is 3.00 bits per heavy atom. The van der Waals surface area contributed by atoms with Gasteiger partial charge in [0.25, 0.3) is 0 Å². The van der Waals surface area contributed by atoms with Crippen molar-refractivity contribution in [3.8, 4) is 0 Å². The molecule has 3 rings (SSSR count). The molecule has 2 aromatic rings. The molecule has 1 fully saturated rings. The predicted molar refractivity (Wildman–Crippen MR) is 54.9 cm³/mol. The first-order chi connectivity index (χ1) is 6.36. The van der Waals surface area contributed by atoms with Crippen LogP contribution in [0.1, 0.15) is 24.6 Å². The highest BCUT2D eigenvalue weighted by Gasteiger charge is 2.28. The molecule has 0 atom stereocenters. The molecule has 0 radical (unpaired) electrons. The van der Waals surface area contributed by atoms with E-state index in [4.69, 9.17) is 0 Å². The van der Waals surface area contributed by atoms with Crippen LogP contribution in [0.4, 0.5) is 0 Å². The first-order valence-electron chi connectivity index (χ1n) is 4.48. The van der Waals surface area contributed by atoms with E-state index in [1.165, 1.54) is 24.2 Å². The van der Waals surface area contributed by atoms with Gasteiger partial charge in [-0.25, -0.2) is 4.98 Å². The van der Waals surface area contributed by atoms with Crippen LogP contribution in [0.2, 0.25) is 0 Å². The van der Waals surface area contributed by atoms with Crippen molar-refractivity contribution in [2.45, 2.75) is 18.8 Å². The molecule has 2 nitrogen and oxygen atoms in total. The molecule has 0 N–H and O–H groups in total. The van der Waals surface area contributed by atoms with Crippen molar-refractivity contribution in [3.05, 3.63) is 34.8 Å². The van der Waals surface area contributed by atoms with Crippen molar-refractivity contribution < 1.29 is 0 Å². The average molecular weight is 237 g/mol. The summed E-state index contributed by atoms with van der Waals surface area (Å²) in [7, 11) is 0. The zero-order valence-electron chi connectivity index (χ0n) is 7.07. The number of nitrogens with zero attached hydrogens (tertiary/aromatic N) is 2. The quantitative estimate of drug-likeness (QED) is 0.697. The van der Waals surface area contributed by atoms with Crippen molar-refractivity contribution in [1.29, 1.82) is 0 Å². The van der Waals surface area contributed by atoms with E-state index in [0.717, 1.165) is 4.60 Å². The third-order valence-corrected chi connectivity index (χ3v) is 3.09. The normalized spacial score (nSPS) is 16.7. The molecule has 0 amide bonds. The van der Waals surface area contributed by atoms with E-state index >= 15 is 0 Å². The summed E-state index contributed by atoms with van der Waals surface area (Å²) >= 11 is 3.55. The van der Waals surface area contributed by atoms with Gasteiger partial charge in [-0.05, 0) is 40.9 Å². The van der Waals surface area contributed by atoms with E-state index in [-0.39, 0.29) is 0 Å². The van der Waals surface area contributed by atoms with Crippen molar-refractivity contribution in [2.75, 3.05) is 0 Å². The fourth-order valence-corrected chi connectivity index (χ4v) is 2.20. The maximum absolute atomic E-state index is 4.45. The molecule has 0 unspecified atom stereocenters. The molecule has 1 aliphatic carbocycles. The van der Waals surface area contributed by atoms with Gasteiger partial charge in [0, 0.05) is 5.92 Å². The van der Waals surface area contributed by atoms with Crippen LogP contribution < -0.4 is 0 Å². The lowest BCUT2D eigenvalue weighted by Gasteiger charge is -2.01. The highest BCUT2D eigenvalue weighted by atomic mass is 79.9. The minimum absolute atomic E-state index is 0.696. The summed E-state index contributed by atoms with van der Waals surface area (Å²) < 4.78 is 3.29. The number of rotatable bonds is 1. The molecule has 0 spiro atoms. The standard InChI is InChI=1S/C10H9BrN2/c11-9-3-1-2-8-6-12-10(13(8)9)7-4-5-7/h1-3,6-7H,4-5H2. The highest BCUT2D eigenvalue weighted by molar-refractivity contribution is 9.10. The van der Waals surface area contributed by atoms with Crippen LogP contribution >= 0.6 is 15.9 Å². The SMILES string of the molecule is Brc1cccc2cnc(C3CC3)n12. The summed E-state index contributed by atoms with van der Waals surface area (Å²) in [4.78, 5) is 4.45. The molecule has 13 heavy (non-hydrogen) atoms. The largest absolute Gasteiger partial charge is 0.290 e. The van der Waals surface area contributed by atoms with Gasteiger partial charge in [0.2, 0.25) is 0 Å². The van der Waals surface area contributed by atoms with Crippen LogP contribution in [-0.2, 0) is 0 Å². The molecule has 66 valence electrons. The number of hydrogen-bond acceptors (Lipinski definition) is 1. The number of halogens is 1. The van der Waals surface area contributed by atoms with Gasteiger partial charge in [-0.1, -0.05) is 6.07 Å². The Morgan fingerprint density at radius 1 is 1.38 bits per heavy atom. The molecule has 1 saturated carbocycles. The van der Waals surface area contributed by atoms with Crippen LogP contribution in [0.15, 0.2) is 29.0 Å². The van der Waals surface area contributed by atoms with Gasteiger partial charge < -0.3 is 0 Å². The second-order valence-corrected chi connectivity index (χ2v) is 4.31. The molecule has 0 aliphatic heterocycles. The first-order valence-corrected chi connectivity index (χ1v) is 5.27. The van der Waals surface area contributed by atoms with Crippen molar-refractivity contribution >= 4 is 21.4 Å². The Labute approximate surface area is 84.7 Å². The summed E-state index contributed by atoms with van der Waals surface area (Å²) in [5.74, 6) is 1.91. The maximum Gasteiger partial charge on any atom is 0.117 e. The summed E-state index contributed by atoms with van der Waals surface area (Å²) in [6, 6.07) is 6.18. The van der Waals surface area contributed by atoms with E-state index in [0.29, 0.717) is 5.92 Å². The number of imidazole rings is 1.